The number of aromatic carboxylic acids is 1. The van der Waals surface area contributed by atoms with Crippen LogP contribution in [0.25, 0.3) is 0 Å². The van der Waals surface area contributed by atoms with Gasteiger partial charge in [-0.25, -0.2) is 4.79 Å². The van der Waals surface area contributed by atoms with Gasteiger partial charge in [0, 0.05) is 15.9 Å². The minimum Gasteiger partial charge on any atom is -0.477 e. The molecule has 0 aromatic heterocycles. The number of hydrogen-bond donors (Lipinski definition) is 3. The SMILES string of the molecule is CCN=[N+](Nc1ccc(Cl)cc1C)c1ccc(S(=O)(=O)O)cc1C(=O)O. The molecular formula is C16H17ClN3O5S+. The highest BCUT2D eigenvalue weighted by Gasteiger charge is 2.26. The Labute approximate surface area is 155 Å². The summed E-state index contributed by atoms with van der Waals surface area (Å²) in [5.74, 6) is -1.36. The van der Waals surface area contributed by atoms with Gasteiger partial charge in [0.2, 0.25) is 0 Å². The van der Waals surface area contributed by atoms with E-state index in [1.165, 1.54) is 10.9 Å². The topological polar surface area (TPSA) is 119 Å². The lowest BCUT2D eigenvalue weighted by Crippen LogP contribution is -2.17. The molecule has 0 spiro atoms. The van der Waals surface area contributed by atoms with Crippen LogP contribution in [-0.4, -0.2) is 35.4 Å². The fourth-order valence-corrected chi connectivity index (χ4v) is 2.94. The maximum Gasteiger partial charge on any atom is 0.342 e. The van der Waals surface area contributed by atoms with Gasteiger partial charge in [0.15, 0.2) is 0 Å². The number of azo groups is 1. The molecule has 0 saturated carbocycles. The number of carboxylic acids is 1. The molecule has 2 aromatic carbocycles. The van der Waals surface area contributed by atoms with Crippen molar-refractivity contribution < 1.29 is 27.7 Å². The summed E-state index contributed by atoms with van der Waals surface area (Å²) in [5, 5.41) is 14.2. The summed E-state index contributed by atoms with van der Waals surface area (Å²) >= 11 is 5.94. The Morgan fingerprint density at radius 2 is 1.96 bits per heavy atom. The first-order valence-electron chi connectivity index (χ1n) is 7.48. The molecule has 0 bridgehead atoms. The highest BCUT2D eigenvalue weighted by Crippen LogP contribution is 2.26. The first-order chi connectivity index (χ1) is 12.1. The Morgan fingerprint density at radius 1 is 1.27 bits per heavy atom. The van der Waals surface area contributed by atoms with Crippen LogP contribution in [0.2, 0.25) is 5.02 Å². The summed E-state index contributed by atoms with van der Waals surface area (Å²) in [7, 11) is -4.53. The second kappa shape index (κ2) is 7.81. The number of rotatable bonds is 6. The molecule has 2 aromatic rings. The second-order valence-corrected chi connectivity index (χ2v) is 7.16. The molecule has 3 N–H and O–H groups in total. The Bertz CT molecular complexity index is 989. The van der Waals surface area contributed by atoms with Crippen molar-refractivity contribution in [1.82, 2.24) is 0 Å². The number of nitrogens with zero attached hydrogens (tertiary/aromatic N) is 2. The molecule has 0 aliphatic heterocycles. The van der Waals surface area contributed by atoms with Crippen LogP contribution < -0.4 is 5.43 Å². The fraction of sp³-hybridized carbons (Fsp3) is 0.188. The highest BCUT2D eigenvalue weighted by atomic mass is 35.5. The van der Waals surface area contributed by atoms with Gasteiger partial charge in [-0.2, -0.15) is 8.42 Å². The number of halogens is 1. The van der Waals surface area contributed by atoms with E-state index in [-0.39, 0.29) is 11.3 Å². The first kappa shape index (κ1) is 19.8. The third kappa shape index (κ3) is 4.57. The molecule has 0 fully saturated rings. The first-order valence-corrected chi connectivity index (χ1v) is 9.30. The van der Waals surface area contributed by atoms with Gasteiger partial charge in [-0.3, -0.25) is 4.55 Å². The lowest BCUT2D eigenvalue weighted by Gasteiger charge is -2.08. The van der Waals surface area contributed by atoms with E-state index in [0.717, 1.165) is 17.7 Å². The van der Waals surface area contributed by atoms with Crippen LogP contribution in [0.5, 0.6) is 0 Å². The molecular weight excluding hydrogens is 382 g/mol. The molecule has 0 amide bonds. The molecule has 26 heavy (non-hydrogen) atoms. The van der Waals surface area contributed by atoms with E-state index in [1.807, 2.05) is 6.92 Å². The van der Waals surface area contributed by atoms with E-state index in [1.54, 1.807) is 25.1 Å². The predicted octanol–water partition coefficient (Wildman–Crippen LogP) is 3.74. The van der Waals surface area contributed by atoms with E-state index < -0.39 is 21.0 Å². The molecule has 0 aliphatic rings. The van der Waals surface area contributed by atoms with E-state index in [2.05, 4.69) is 10.5 Å². The summed E-state index contributed by atoms with van der Waals surface area (Å²) < 4.78 is 31.7. The zero-order valence-electron chi connectivity index (χ0n) is 14.0. The van der Waals surface area contributed by atoms with Crippen LogP contribution in [0.3, 0.4) is 0 Å². The Kier molecular flexibility index (Phi) is 5.96. The van der Waals surface area contributed by atoms with Crippen molar-refractivity contribution in [2.24, 2.45) is 5.11 Å². The van der Waals surface area contributed by atoms with Crippen molar-refractivity contribution in [3.63, 3.8) is 0 Å². The van der Waals surface area contributed by atoms with Gasteiger partial charge in [0.25, 0.3) is 15.8 Å². The van der Waals surface area contributed by atoms with Gasteiger partial charge < -0.3 is 5.11 Å². The van der Waals surface area contributed by atoms with Gasteiger partial charge >= 0.3 is 5.97 Å². The van der Waals surface area contributed by atoms with Crippen molar-refractivity contribution >= 4 is 39.1 Å². The highest BCUT2D eigenvalue weighted by molar-refractivity contribution is 7.85. The summed E-state index contributed by atoms with van der Waals surface area (Å²) in [6.45, 7) is 3.91. The van der Waals surface area contributed by atoms with Crippen LogP contribution >= 0.6 is 11.6 Å². The average molecular weight is 399 g/mol. The van der Waals surface area contributed by atoms with Gasteiger partial charge in [0.05, 0.1) is 4.90 Å². The van der Waals surface area contributed by atoms with Crippen molar-refractivity contribution in [3.8, 4) is 0 Å². The largest absolute Gasteiger partial charge is 0.477 e. The number of benzene rings is 2. The molecule has 10 heteroatoms. The van der Waals surface area contributed by atoms with Crippen LogP contribution in [0, 0.1) is 6.92 Å². The summed E-state index contributed by atoms with van der Waals surface area (Å²) in [6, 6.07) is 8.34. The zero-order chi connectivity index (χ0) is 19.5. The molecule has 138 valence electrons. The minimum absolute atomic E-state index is 0.112. The lowest BCUT2D eigenvalue weighted by molar-refractivity contribution is -0.482. The van der Waals surface area contributed by atoms with Gasteiger partial charge in [-0.1, -0.05) is 11.6 Å². The third-order valence-corrected chi connectivity index (χ3v) is 4.51. The predicted molar refractivity (Wildman–Crippen MR) is 95.9 cm³/mol. The van der Waals surface area contributed by atoms with Crippen LogP contribution in [0.4, 0.5) is 11.4 Å². The zero-order valence-corrected chi connectivity index (χ0v) is 15.5. The van der Waals surface area contributed by atoms with E-state index >= 15 is 0 Å². The maximum atomic E-state index is 11.6. The van der Waals surface area contributed by atoms with Crippen LogP contribution in [0.15, 0.2) is 46.4 Å². The monoisotopic (exact) mass is 398 g/mol. The molecule has 0 heterocycles. The summed E-state index contributed by atoms with van der Waals surface area (Å²) in [6.07, 6.45) is 0. The van der Waals surface area contributed by atoms with Crippen molar-refractivity contribution in [3.05, 3.63) is 52.5 Å². The molecule has 0 saturated heterocycles. The van der Waals surface area contributed by atoms with Gasteiger partial charge in [-0.15, -0.1) is 5.43 Å². The number of carboxylic acid groups (broad SMARTS) is 1. The maximum absolute atomic E-state index is 11.6. The van der Waals surface area contributed by atoms with E-state index in [9.17, 15) is 18.3 Å². The Morgan fingerprint density at radius 3 is 2.50 bits per heavy atom. The molecule has 8 nitrogen and oxygen atoms in total. The number of carbonyl (C=O) groups is 1. The average Bonchev–Trinajstić information content (AvgIpc) is 2.55. The number of nitrogens with one attached hydrogen (secondary N) is 1. The summed E-state index contributed by atoms with van der Waals surface area (Å²) in [4.78, 5) is 12.3. The standard InChI is InChI=1S/C16H16ClN3O5S/c1-3-18-20(19-14-6-4-11(17)8-10(14)2)15-7-5-12(26(23,24)25)9-13(15)16(21)22/h4-9H,3H2,1-2H3,(H2-,18,19,21,22,23,24,25)/p+1. The number of hydrogen-bond acceptors (Lipinski definition) is 4. The van der Waals surface area contributed by atoms with Gasteiger partial charge in [-0.05, 0) is 54.9 Å². The second-order valence-electron chi connectivity index (χ2n) is 5.30. The van der Waals surface area contributed by atoms with Crippen molar-refractivity contribution in [1.29, 1.82) is 0 Å². The third-order valence-electron chi connectivity index (χ3n) is 3.42. The number of anilines is 1. The summed E-state index contributed by atoms with van der Waals surface area (Å²) in [5.41, 5.74) is 4.20. The van der Waals surface area contributed by atoms with Crippen LogP contribution in [-0.2, 0) is 10.1 Å². The van der Waals surface area contributed by atoms with Crippen molar-refractivity contribution in [2.75, 3.05) is 12.0 Å². The minimum atomic E-state index is -4.53. The fourth-order valence-electron chi connectivity index (χ4n) is 2.21. The smallest absolute Gasteiger partial charge is 0.342 e. The normalized spacial score (nSPS) is 12.1. The Hall–Kier alpha value is -2.49. The lowest BCUT2D eigenvalue weighted by atomic mass is 10.2. The Balaban J connectivity index is 2.57. The van der Waals surface area contributed by atoms with E-state index in [4.69, 9.17) is 16.2 Å². The molecule has 0 atom stereocenters. The van der Waals surface area contributed by atoms with E-state index in [0.29, 0.717) is 17.3 Å². The number of aryl methyl sites for hydroxylation is 1. The van der Waals surface area contributed by atoms with Crippen LogP contribution in [0.1, 0.15) is 22.8 Å². The molecule has 2 rings (SSSR count). The number of hydrazine groups is 1. The van der Waals surface area contributed by atoms with Crippen molar-refractivity contribution in [2.45, 2.75) is 18.7 Å². The molecule has 0 unspecified atom stereocenters. The molecule has 0 aliphatic carbocycles. The quantitative estimate of drug-likeness (QED) is 0.295. The van der Waals surface area contributed by atoms with Gasteiger partial charge in [0.1, 0.15) is 17.8 Å². The molecule has 0 radical (unpaired) electrons.